The predicted molar refractivity (Wildman–Crippen MR) is 109 cm³/mol. The number of nitrogens with zero attached hydrogens (tertiary/aromatic N) is 1. The molecule has 2 rings (SSSR count). The number of nitrogens with one attached hydrogen (secondary N) is 2. The second kappa shape index (κ2) is 9.50. The Balaban J connectivity index is 2.73. The Morgan fingerprint density at radius 1 is 1.37 bits per heavy atom. The van der Waals surface area contributed by atoms with Crippen LogP contribution in [0, 0.1) is 0 Å². The van der Waals surface area contributed by atoms with Crippen molar-refractivity contribution >= 4 is 33.4 Å². The molecule has 1 aromatic rings. The second-order valence-electron chi connectivity index (χ2n) is 6.02. The fourth-order valence-corrected chi connectivity index (χ4v) is 4.97. The first kappa shape index (κ1) is 21.6. The van der Waals surface area contributed by atoms with E-state index in [4.69, 9.17) is 28.2 Å². The molecular weight excluding hydrogens is 388 g/mol. The number of primary sulfonamides is 1. The highest BCUT2D eigenvalue weighted by Gasteiger charge is 2.27. The Labute approximate surface area is 163 Å². The van der Waals surface area contributed by atoms with Gasteiger partial charge in [0.05, 0.1) is 0 Å². The zero-order chi connectivity index (χ0) is 20.0. The molecule has 1 atom stereocenters. The highest BCUT2D eigenvalue weighted by atomic mass is 32.2. The molecule has 0 bridgehead atoms. The van der Waals surface area contributed by atoms with Gasteiger partial charge in [0.2, 0.25) is 10.0 Å². The monoisotopic (exact) mass is 414 g/mol. The van der Waals surface area contributed by atoms with Gasteiger partial charge in [-0.05, 0) is 48.4 Å². The molecule has 0 fully saturated rings. The predicted octanol–water partition coefficient (Wildman–Crippen LogP) is -1.13. The summed E-state index contributed by atoms with van der Waals surface area (Å²) in [7, 11) is -4.12. The van der Waals surface area contributed by atoms with Crippen LogP contribution < -0.4 is 38.4 Å². The van der Waals surface area contributed by atoms with E-state index in [1.807, 2.05) is 6.08 Å². The van der Waals surface area contributed by atoms with Gasteiger partial charge in [-0.1, -0.05) is 12.1 Å². The van der Waals surface area contributed by atoms with E-state index in [0.717, 1.165) is 36.8 Å². The van der Waals surface area contributed by atoms with Gasteiger partial charge >= 0.3 is 0 Å². The molecule has 1 aromatic carbocycles. The third-order valence-electron chi connectivity index (χ3n) is 4.02. The third-order valence-corrected chi connectivity index (χ3v) is 6.05. The molecule has 12 N–H and O–H groups in total. The van der Waals surface area contributed by atoms with Gasteiger partial charge in [-0.3, -0.25) is 4.72 Å². The number of hydrogen-bond donors (Lipinski definition) is 7. The topological polar surface area (TPSA) is 201 Å². The molecule has 0 amide bonds. The van der Waals surface area contributed by atoms with Crippen LogP contribution in [-0.2, 0) is 10.0 Å². The first-order chi connectivity index (χ1) is 12.8. The molecule has 1 unspecified atom stereocenters. The summed E-state index contributed by atoms with van der Waals surface area (Å²) in [5, 5.41) is 9.30. The van der Waals surface area contributed by atoms with Gasteiger partial charge in [0.1, 0.15) is 4.90 Å². The van der Waals surface area contributed by atoms with E-state index < -0.39 is 10.0 Å². The Hall–Kier alpha value is -1.67. The first-order valence-corrected chi connectivity index (χ1v) is 10.7. The van der Waals surface area contributed by atoms with Crippen LogP contribution in [0.4, 0.5) is 0 Å². The zero-order valence-corrected chi connectivity index (χ0v) is 16.4. The van der Waals surface area contributed by atoms with Gasteiger partial charge in [-0.25, -0.2) is 24.9 Å². The maximum atomic E-state index is 12.4. The summed E-state index contributed by atoms with van der Waals surface area (Å²) >= 11 is 1.11. The minimum Gasteiger partial charge on any atom is -0.382 e. The lowest BCUT2D eigenvalue weighted by molar-refractivity contribution is 0.595. The molecule has 1 aliphatic rings. The van der Waals surface area contributed by atoms with Crippen LogP contribution in [0.15, 0.2) is 33.1 Å². The van der Waals surface area contributed by atoms with Crippen LogP contribution in [0.25, 0.3) is 5.57 Å². The normalized spacial score (nSPS) is 18.3. The van der Waals surface area contributed by atoms with Crippen molar-refractivity contribution in [2.75, 3.05) is 13.1 Å². The van der Waals surface area contributed by atoms with E-state index in [-0.39, 0.29) is 22.3 Å². The number of allylic oxidation sites excluding steroid dienone is 1. The summed E-state index contributed by atoms with van der Waals surface area (Å²) < 4.78 is 27.8. The minimum absolute atomic E-state index is 0.0853. The lowest BCUT2D eigenvalue weighted by Gasteiger charge is -2.22. The number of benzene rings is 1. The Kier molecular flexibility index (Phi) is 7.61. The molecule has 0 radical (unpaired) electrons. The summed E-state index contributed by atoms with van der Waals surface area (Å²) in [4.78, 5) is 0.270. The molecule has 12 heteroatoms. The number of nitrogens with two attached hydrogens (primary N) is 5. The Morgan fingerprint density at radius 3 is 2.70 bits per heavy atom. The average Bonchev–Trinajstić information content (AvgIpc) is 2.60. The van der Waals surface area contributed by atoms with Crippen molar-refractivity contribution in [3.05, 3.63) is 29.3 Å². The van der Waals surface area contributed by atoms with Crippen molar-refractivity contribution < 1.29 is 8.42 Å². The smallest absolute Gasteiger partial charge is 0.239 e. The molecular formula is C15H26N8O2S2. The van der Waals surface area contributed by atoms with Gasteiger partial charge < -0.3 is 17.2 Å². The first-order valence-electron chi connectivity index (χ1n) is 8.35. The van der Waals surface area contributed by atoms with Crippen LogP contribution in [0.1, 0.15) is 30.4 Å². The number of hydrazine groups is 1. The van der Waals surface area contributed by atoms with E-state index in [1.54, 1.807) is 12.1 Å². The number of amidine groups is 1. The molecule has 0 saturated heterocycles. The summed E-state index contributed by atoms with van der Waals surface area (Å²) in [6, 6.07) is 3.36. The molecule has 0 saturated carbocycles. The van der Waals surface area contributed by atoms with Crippen LogP contribution in [0.5, 0.6) is 0 Å². The third kappa shape index (κ3) is 5.42. The summed E-state index contributed by atoms with van der Waals surface area (Å²) in [6.07, 6.45) is 4.41. The number of hydrazone groups is 1. The van der Waals surface area contributed by atoms with E-state index in [0.29, 0.717) is 23.5 Å². The number of rotatable bonds is 8. The molecule has 0 spiro atoms. The van der Waals surface area contributed by atoms with Crippen molar-refractivity contribution in [1.29, 1.82) is 0 Å². The lowest BCUT2D eigenvalue weighted by Crippen LogP contribution is -2.28. The molecule has 0 heterocycles. The minimum atomic E-state index is -4.12. The summed E-state index contributed by atoms with van der Waals surface area (Å²) in [5.41, 5.74) is 21.4. The highest BCUT2D eigenvalue weighted by Crippen LogP contribution is 2.35. The largest absolute Gasteiger partial charge is 0.382 e. The van der Waals surface area contributed by atoms with Crippen molar-refractivity contribution in [3.63, 3.8) is 0 Å². The molecule has 0 aliphatic heterocycles. The van der Waals surface area contributed by atoms with Gasteiger partial charge in [0.15, 0.2) is 5.84 Å². The van der Waals surface area contributed by atoms with Gasteiger partial charge in [0.25, 0.3) is 0 Å². The van der Waals surface area contributed by atoms with Crippen molar-refractivity contribution in [1.82, 2.24) is 10.3 Å². The fourth-order valence-electron chi connectivity index (χ4n) is 2.94. The van der Waals surface area contributed by atoms with Crippen molar-refractivity contribution in [2.45, 2.75) is 35.1 Å². The van der Waals surface area contributed by atoms with Crippen molar-refractivity contribution in [3.8, 4) is 0 Å². The molecule has 150 valence electrons. The summed E-state index contributed by atoms with van der Waals surface area (Å²) in [6.45, 7) is 0.883. The Morgan fingerprint density at radius 2 is 2.11 bits per heavy atom. The standard InChI is InChI=1S/C15H26N8O2S2/c16-6-7-21-26-12-5-4-11(9-2-1-3-10(17)8-9)13(15(18)22-23-19)14(12)27(20,24)25/h4-5,8,10,21,23H,1-3,6-7,16-17,19H2,(H2,18,22)(H2,20,24,25). The molecule has 27 heavy (non-hydrogen) atoms. The van der Waals surface area contributed by atoms with Crippen LogP contribution in [0.2, 0.25) is 0 Å². The maximum absolute atomic E-state index is 12.4. The Bertz CT molecular complexity index is 838. The van der Waals surface area contributed by atoms with Gasteiger partial charge in [-0.15, -0.1) is 5.10 Å². The summed E-state index contributed by atoms with van der Waals surface area (Å²) in [5.74, 6) is 5.16. The average molecular weight is 415 g/mol. The highest BCUT2D eigenvalue weighted by molar-refractivity contribution is 7.98. The second-order valence-corrected chi connectivity index (χ2v) is 8.45. The molecule has 10 nitrogen and oxygen atoms in total. The quantitative estimate of drug-likeness (QED) is 0.0686. The SMILES string of the molecule is NCCNSc1ccc(C2=CC(N)CCC2)c(/C(N)=N/NN)c1S(N)(=O)=O. The molecule has 0 aromatic heterocycles. The van der Waals surface area contributed by atoms with E-state index in [9.17, 15) is 8.42 Å². The van der Waals surface area contributed by atoms with E-state index in [1.165, 1.54) is 0 Å². The molecule has 1 aliphatic carbocycles. The lowest BCUT2D eigenvalue weighted by atomic mass is 9.88. The zero-order valence-electron chi connectivity index (χ0n) is 14.8. The van der Waals surface area contributed by atoms with Crippen molar-refractivity contribution in [2.24, 2.45) is 33.3 Å². The van der Waals surface area contributed by atoms with Crippen LogP contribution in [0.3, 0.4) is 0 Å². The van der Waals surface area contributed by atoms with Crippen LogP contribution in [-0.4, -0.2) is 33.4 Å². The number of hydrogen-bond acceptors (Lipinski definition) is 9. The van der Waals surface area contributed by atoms with Gasteiger partial charge in [-0.2, -0.15) is 0 Å². The number of sulfonamides is 1. The van der Waals surface area contributed by atoms with Gasteiger partial charge in [0, 0.05) is 29.6 Å². The van der Waals surface area contributed by atoms with Crippen LogP contribution >= 0.6 is 11.9 Å². The fraction of sp³-hybridized carbons (Fsp3) is 0.400. The van der Waals surface area contributed by atoms with E-state index in [2.05, 4.69) is 15.4 Å². The maximum Gasteiger partial charge on any atom is 0.239 e. The van der Waals surface area contributed by atoms with E-state index >= 15 is 0 Å².